The molecule has 10 rings (SSSR count). The zero-order chi connectivity index (χ0) is 53.1. The lowest BCUT2D eigenvalue weighted by Gasteiger charge is -2.39. The van der Waals surface area contributed by atoms with Crippen LogP contribution in [0.5, 0.6) is 0 Å². The molecular formula is C56H70N10O5S4. The monoisotopic (exact) mass is 1090 g/mol. The molecule has 0 radical (unpaired) electrons. The number of nitrogens with one attached hydrogen (secondary N) is 5. The molecule has 2 saturated heterocycles. The fourth-order valence-electron chi connectivity index (χ4n) is 9.36. The van der Waals surface area contributed by atoms with Crippen molar-refractivity contribution < 1.29 is 23.9 Å². The molecule has 8 aromatic rings. The number of likely N-dealkylation sites (tertiary alicyclic amines) is 1. The van der Waals surface area contributed by atoms with Crippen LogP contribution in [0, 0.1) is 0 Å². The zero-order valence-corrected chi connectivity index (χ0v) is 47.4. The molecule has 75 heavy (non-hydrogen) atoms. The van der Waals surface area contributed by atoms with Crippen LogP contribution in [0.2, 0.25) is 0 Å². The second-order valence-electron chi connectivity index (χ2n) is 21.0. The van der Waals surface area contributed by atoms with Gasteiger partial charge in [-0.25, -0.2) is 29.5 Å². The highest BCUT2D eigenvalue weighted by Gasteiger charge is 2.31. The number of amides is 2. The number of fused-ring (bicyclic) bond motifs is 4. The Morgan fingerprint density at radius 1 is 0.707 bits per heavy atom. The first-order valence-corrected chi connectivity index (χ1v) is 29.2. The van der Waals surface area contributed by atoms with Crippen LogP contribution in [0.1, 0.15) is 116 Å². The average Bonchev–Trinajstić information content (AvgIpc) is 4.20. The normalized spacial score (nSPS) is 18.1. The van der Waals surface area contributed by atoms with E-state index in [2.05, 4.69) is 126 Å². The molecule has 2 fully saturated rings. The smallest absolute Gasteiger partial charge is 0.407 e. The van der Waals surface area contributed by atoms with Gasteiger partial charge < -0.3 is 40.9 Å². The number of piperidine rings is 2. The predicted octanol–water partition coefficient (Wildman–Crippen LogP) is 13.7. The number of thiophene rings is 2. The van der Waals surface area contributed by atoms with E-state index in [0.29, 0.717) is 43.4 Å². The Morgan fingerprint density at radius 3 is 1.77 bits per heavy atom. The molecule has 2 amide bonds. The third kappa shape index (κ3) is 15.4. The number of benzene rings is 2. The molecule has 4 atom stereocenters. The number of ether oxygens (including phenoxy) is 2. The minimum absolute atomic E-state index is 0.319. The van der Waals surface area contributed by atoms with Gasteiger partial charge in [-0.15, -0.1) is 45.3 Å². The van der Waals surface area contributed by atoms with Crippen LogP contribution in [0.15, 0.2) is 84.1 Å². The van der Waals surface area contributed by atoms with E-state index in [1.807, 2.05) is 66.9 Å². The molecule has 2 aromatic carbocycles. The molecule has 2 aliphatic rings. The number of carbonyl (C=O) groups excluding carboxylic acids is 3. The third-order valence-electron chi connectivity index (χ3n) is 13.0. The molecular weight excluding hydrogens is 1020 g/mol. The summed E-state index contributed by atoms with van der Waals surface area (Å²) in [6, 6.07) is 22.4. The number of anilines is 4. The van der Waals surface area contributed by atoms with Crippen LogP contribution in [0.3, 0.4) is 0 Å². The van der Waals surface area contributed by atoms with Gasteiger partial charge >= 0.3 is 12.2 Å². The molecule has 8 heterocycles. The van der Waals surface area contributed by atoms with Crippen LogP contribution in [0.4, 0.5) is 32.3 Å². The van der Waals surface area contributed by atoms with Gasteiger partial charge in [0.25, 0.3) is 0 Å². The summed E-state index contributed by atoms with van der Waals surface area (Å²) in [7, 11) is 0. The van der Waals surface area contributed by atoms with E-state index in [1.54, 1.807) is 43.4 Å². The van der Waals surface area contributed by atoms with Gasteiger partial charge in [-0.1, -0.05) is 0 Å². The summed E-state index contributed by atoms with van der Waals surface area (Å²) in [6.45, 7) is 19.8. The number of hydrogen-bond donors (Lipinski definition) is 5. The quantitative estimate of drug-likeness (QED) is 0.0543. The molecule has 15 nitrogen and oxygen atoms in total. The van der Waals surface area contributed by atoms with Crippen molar-refractivity contribution in [2.75, 3.05) is 43.4 Å². The highest BCUT2D eigenvalue weighted by atomic mass is 32.1. The van der Waals surface area contributed by atoms with Crippen molar-refractivity contribution in [3.63, 3.8) is 0 Å². The number of alkyl carbamates (subject to hydrolysis) is 2. The number of pyridine rings is 2. The SMILES string of the molecule is CC(C)(C)OC(=O)NCCC=O.CC1C(c2cc3c(Nc4ccc5scnc5c4)ccnc3s2)CCCN1CCCNC(=O)OC(C)(C)C.CC1NCCCC1c1cc2c(Nc3ccc4scnc4c3)ccnc2s1. The summed E-state index contributed by atoms with van der Waals surface area (Å²) in [5, 5.41) is 18.5. The molecule has 2 aliphatic heterocycles. The highest BCUT2D eigenvalue weighted by molar-refractivity contribution is 7.19. The Morgan fingerprint density at radius 2 is 1.24 bits per heavy atom. The van der Waals surface area contributed by atoms with Gasteiger partial charge in [0, 0.05) is 94.3 Å². The maximum absolute atomic E-state index is 11.9. The van der Waals surface area contributed by atoms with E-state index < -0.39 is 17.3 Å². The lowest BCUT2D eigenvalue weighted by atomic mass is 9.88. The predicted molar refractivity (Wildman–Crippen MR) is 311 cm³/mol. The van der Waals surface area contributed by atoms with E-state index in [1.165, 1.54) is 55.6 Å². The maximum Gasteiger partial charge on any atom is 0.407 e. The summed E-state index contributed by atoms with van der Waals surface area (Å²) in [6.07, 6.45) is 9.79. The van der Waals surface area contributed by atoms with E-state index in [9.17, 15) is 14.4 Å². The third-order valence-corrected chi connectivity index (χ3v) is 16.9. The fraction of sp³-hybridized carbons (Fsp3) is 0.446. The summed E-state index contributed by atoms with van der Waals surface area (Å²) >= 11 is 6.98. The van der Waals surface area contributed by atoms with E-state index >= 15 is 0 Å². The van der Waals surface area contributed by atoms with Gasteiger partial charge in [0.05, 0.1) is 42.8 Å². The second-order valence-corrected chi connectivity index (χ2v) is 24.9. The number of thiazole rings is 2. The number of nitrogens with zero attached hydrogens (tertiary/aromatic N) is 5. The average molecular weight is 1090 g/mol. The molecule has 398 valence electrons. The van der Waals surface area contributed by atoms with Crippen molar-refractivity contribution in [1.29, 1.82) is 0 Å². The first-order chi connectivity index (χ1) is 36.0. The van der Waals surface area contributed by atoms with E-state index in [4.69, 9.17) is 9.47 Å². The van der Waals surface area contributed by atoms with Gasteiger partial charge in [0.1, 0.15) is 27.1 Å². The summed E-state index contributed by atoms with van der Waals surface area (Å²) in [5.41, 5.74) is 9.18. The highest BCUT2D eigenvalue weighted by Crippen LogP contribution is 2.42. The standard InChI is InChI=1S/C28H35N5O2S2.C20H20N4S2.C8H15NO3/c1-18-20(7-5-13-33(18)14-6-11-30-27(34)35-28(2,3)4)25-16-21-22(10-12-29-26(21)37-25)32-19-8-9-24-23(15-19)31-17-36-24;1-12-14(3-2-7-21-12)19-10-15-16(6-8-22-20(15)26-19)24-13-4-5-18-17(9-13)23-11-25-18;1-8(2,3)12-7(11)9-5-4-6-10/h8-10,12,15-18,20H,5-7,11,13-14H2,1-4H3,(H,29,32)(H,30,34);4-6,8-12,14,21H,2-3,7H2,1H3,(H,22,24);6H,4-5H2,1-3H3,(H,9,11). The Balaban J connectivity index is 0.000000170. The number of hydrogen-bond acceptors (Lipinski definition) is 17. The van der Waals surface area contributed by atoms with Gasteiger partial charge in [-0.3, -0.25) is 4.90 Å². The van der Waals surface area contributed by atoms with Crippen molar-refractivity contribution in [2.45, 2.75) is 129 Å². The minimum Gasteiger partial charge on any atom is -0.444 e. The van der Waals surface area contributed by atoms with Crippen molar-refractivity contribution in [2.24, 2.45) is 0 Å². The minimum atomic E-state index is -0.482. The summed E-state index contributed by atoms with van der Waals surface area (Å²) in [4.78, 5) is 58.4. The Bertz CT molecular complexity index is 3170. The first-order valence-electron chi connectivity index (χ1n) is 25.8. The summed E-state index contributed by atoms with van der Waals surface area (Å²) in [5.74, 6) is 1.06. The number of aldehydes is 1. The van der Waals surface area contributed by atoms with Crippen LogP contribution in [-0.2, 0) is 14.3 Å². The Kier molecular flexibility index (Phi) is 18.7. The van der Waals surface area contributed by atoms with Gasteiger partial charge in [0.2, 0.25) is 0 Å². The van der Waals surface area contributed by atoms with Crippen LogP contribution in [-0.4, -0.2) is 99.3 Å². The van der Waals surface area contributed by atoms with Crippen LogP contribution >= 0.6 is 45.3 Å². The zero-order valence-electron chi connectivity index (χ0n) is 44.2. The first kappa shape index (κ1) is 55.4. The molecule has 6 aromatic heterocycles. The Labute approximate surface area is 455 Å². The fourth-order valence-corrected chi connectivity index (χ4v) is 13.2. The molecule has 4 unspecified atom stereocenters. The Hall–Kier alpha value is -5.83. The van der Waals surface area contributed by atoms with Crippen LogP contribution in [0.25, 0.3) is 40.9 Å². The number of rotatable bonds is 13. The van der Waals surface area contributed by atoms with Crippen molar-refractivity contribution >= 4 is 127 Å². The second kappa shape index (κ2) is 25.3. The largest absolute Gasteiger partial charge is 0.444 e. The lowest BCUT2D eigenvalue weighted by Crippen LogP contribution is -2.43. The van der Waals surface area contributed by atoms with Crippen molar-refractivity contribution in [1.82, 2.24) is 40.8 Å². The molecule has 0 saturated carbocycles. The molecule has 0 spiro atoms. The van der Waals surface area contributed by atoms with Crippen molar-refractivity contribution in [3.8, 4) is 0 Å². The molecule has 0 bridgehead atoms. The van der Waals surface area contributed by atoms with Crippen molar-refractivity contribution in [3.05, 3.63) is 93.8 Å². The lowest BCUT2D eigenvalue weighted by molar-refractivity contribution is -0.107. The van der Waals surface area contributed by atoms with Gasteiger partial charge in [-0.05, 0) is 161 Å². The van der Waals surface area contributed by atoms with Crippen LogP contribution < -0.4 is 26.6 Å². The number of aromatic nitrogens is 4. The molecule has 5 N–H and O–H groups in total. The topological polar surface area (TPSA) is 185 Å². The van der Waals surface area contributed by atoms with Gasteiger partial charge in [0.15, 0.2) is 0 Å². The maximum atomic E-state index is 11.9. The summed E-state index contributed by atoms with van der Waals surface area (Å²) < 4.78 is 12.7. The molecule has 0 aliphatic carbocycles. The van der Waals surface area contributed by atoms with Gasteiger partial charge in [-0.2, -0.15) is 0 Å². The number of carbonyl (C=O) groups is 3. The van der Waals surface area contributed by atoms with E-state index in [0.717, 1.165) is 75.8 Å². The van der Waals surface area contributed by atoms with E-state index in [-0.39, 0.29) is 6.09 Å². The molecule has 19 heteroatoms.